The van der Waals surface area contributed by atoms with Crippen LogP contribution in [-0.2, 0) is 24.3 Å². The maximum Gasteiger partial charge on any atom is 0.338 e. The third-order valence-corrected chi connectivity index (χ3v) is 6.36. The minimum Gasteiger partial charge on any atom is -0.449 e. The summed E-state index contributed by atoms with van der Waals surface area (Å²) in [6, 6.07) is 10.0. The molecule has 0 aliphatic carbocycles. The van der Waals surface area contributed by atoms with Gasteiger partial charge in [0.15, 0.2) is 6.10 Å². The third kappa shape index (κ3) is 4.99. The predicted molar refractivity (Wildman–Crippen MR) is 112 cm³/mol. The molecule has 2 aromatic carbocycles. The number of esters is 1. The van der Waals surface area contributed by atoms with Gasteiger partial charge in [-0.05, 0) is 56.3 Å². The second-order valence-corrected chi connectivity index (χ2v) is 9.51. The van der Waals surface area contributed by atoms with Crippen molar-refractivity contribution in [3.05, 3.63) is 48.0 Å². The quantitative estimate of drug-likeness (QED) is 0.592. The molecule has 1 heterocycles. The van der Waals surface area contributed by atoms with Crippen molar-refractivity contribution < 1.29 is 27.5 Å². The van der Waals surface area contributed by atoms with E-state index in [9.17, 15) is 22.8 Å². The molecule has 1 aliphatic rings. The van der Waals surface area contributed by atoms with E-state index in [1.807, 2.05) is 0 Å². The van der Waals surface area contributed by atoms with Gasteiger partial charge < -0.3 is 15.4 Å². The van der Waals surface area contributed by atoms with Gasteiger partial charge in [-0.3, -0.25) is 9.59 Å². The van der Waals surface area contributed by atoms with Crippen LogP contribution in [0.3, 0.4) is 0 Å². The topological polar surface area (TPSA) is 145 Å². The lowest BCUT2D eigenvalue weighted by molar-refractivity contribution is -0.123. The highest BCUT2D eigenvalue weighted by molar-refractivity contribution is 8.01. The van der Waals surface area contributed by atoms with Crippen LogP contribution >= 0.6 is 11.8 Å². The molecule has 0 saturated heterocycles. The number of benzene rings is 2. The second-order valence-electron chi connectivity index (χ2n) is 6.57. The molecule has 2 unspecified atom stereocenters. The van der Waals surface area contributed by atoms with E-state index in [1.165, 1.54) is 49.0 Å². The Morgan fingerprint density at radius 1 is 1.20 bits per heavy atom. The van der Waals surface area contributed by atoms with Crippen molar-refractivity contribution in [2.45, 2.75) is 35.0 Å². The maximum absolute atomic E-state index is 12.4. The average molecular weight is 450 g/mol. The minimum absolute atomic E-state index is 0.0907. The molecular formula is C19H19N3O6S2. The molecule has 2 aromatic rings. The zero-order valence-electron chi connectivity index (χ0n) is 16.0. The van der Waals surface area contributed by atoms with Crippen LogP contribution in [0.4, 0.5) is 11.4 Å². The number of carbonyl (C=O) groups is 3. The predicted octanol–water partition coefficient (Wildman–Crippen LogP) is 1.95. The number of rotatable bonds is 5. The van der Waals surface area contributed by atoms with E-state index in [2.05, 4.69) is 10.6 Å². The molecule has 2 amide bonds. The number of fused-ring (bicyclic) bond motifs is 1. The van der Waals surface area contributed by atoms with Crippen molar-refractivity contribution in [3.63, 3.8) is 0 Å². The fourth-order valence-electron chi connectivity index (χ4n) is 2.59. The fraction of sp³-hybridized carbons (Fsp3) is 0.211. The molecule has 9 nitrogen and oxygen atoms in total. The van der Waals surface area contributed by atoms with Crippen LogP contribution in [0.5, 0.6) is 0 Å². The zero-order chi connectivity index (χ0) is 22.1. The molecule has 4 N–H and O–H groups in total. The van der Waals surface area contributed by atoms with Crippen LogP contribution < -0.4 is 15.8 Å². The van der Waals surface area contributed by atoms with Crippen molar-refractivity contribution >= 4 is 50.9 Å². The normalized spacial score (nSPS) is 16.8. The number of carbonyl (C=O) groups excluding carboxylic acids is 3. The van der Waals surface area contributed by atoms with Gasteiger partial charge in [-0.25, -0.2) is 18.4 Å². The van der Waals surface area contributed by atoms with Gasteiger partial charge in [0.1, 0.15) is 0 Å². The summed E-state index contributed by atoms with van der Waals surface area (Å²) in [5, 5.41) is 10.1. The Balaban J connectivity index is 1.63. The van der Waals surface area contributed by atoms with Crippen LogP contribution in [0, 0.1) is 0 Å². The molecule has 0 saturated carbocycles. The Morgan fingerprint density at radius 3 is 2.50 bits per heavy atom. The number of amides is 2. The first-order valence-electron chi connectivity index (χ1n) is 8.81. The van der Waals surface area contributed by atoms with Gasteiger partial charge in [0, 0.05) is 10.6 Å². The number of sulfonamides is 1. The maximum atomic E-state index is 12.4. The molecule has 0 radical (unpaired) electrons. The number of ether oxygens (including phenoxy) is 1. The van der Waals surface area contributed by atoms with Gasteiger partial charge >= 0.3 is 5.97 Å². The highest BCUT2D eigenvalue weighted by Crippen LogP contribution is 2.36. The Kier molecular flexibility index (Phi) is 6.15. The van der Waals surface area contributed by atoms with Gasteiger partial charge in [-0.2, -0.15) is 0 Å². The summed E-state index contributed by atoms with van der Waals surface area (Å²) in [6.45, 7) is 3.19. The van der Waals surface area contributed by atoms with E-state index in [1.54, 1.807) is 19.1 Å². The Hall–Kier alpha value is -2.89. The van der Waals surface area contributed by atoms with Gasteiger partial charge in [-0.15, -0.1) is 11.8 Å². The van der Waals surface area contributed by atoms with Crippen molar-refractivity contribution in [2.75, 3.05) is 10.6 Å². The Bertz CT molecular complexity index is 1120. The number of anilines is 2. The molecule has 2 atom stereocenters. The number of nitrogens with two attached hydrogens (primary N) is 1. The Morgan fingerprint density at radius 2 is 1.87 bits per heavy atom. The molecule has 0 spiro atoms. The molecular weight excluding hydrogens is 430 g/mol. The molecule has 1 aliphatic heterocycles. The minimum atomic E-state index is -3.83. The number of primary sulfonamides is 1. The summed E-state index contributed by atoms with van der Waals surface area (Å²) >= 11 is 1.39. The zero-order valence-corrected chi connectivity index (χ0v) is 17.7. The van der Waals surface area contributed by atoms with Crippen molar-refractivity contribution in [1.29, 1.82) is 0 Å². The van der Waals surface area contributed by atoms with Crippen molar-refractivity contribution in [3.8, 4) is 0 Å². The summed E-state index contributed by atoms with van der Waals surface area (Å²) < 4.78 is 27.7. The molecule has 11 heteroatoms. The van der Waals surface area contributed by atoms with Crippen LogP contribution in [0.25, 0.3) is 0 Å². The summed E-state index contributed by atoms with van der Waals surface area (Å²) in [5.74, 6) is -1.47. The first kappa shape index (κ1) is 21.8. The largest absolute Gasteiger partial charge is 0.449 e. The summed E-state index contributed by atoms with van der Waals surface area (Å²) in [5.41, 5.74) is 1.03. The summed E-state index contributed by atoms with van der Waals surface area (Å²) in [7, 11) is -3.83. The number of thioether (sulfide) groups is 1. The van der Waals surface area contributed by atoms with Gasteiger partial charge in [-0.1, -0.05) is 0 Å². The lowest BCUT2D eigenvalue weighted by atomic mass is 10.2. The summed E-state index contributed by atoms with van der Waals surface area (Å²) in [4.78, 5) is 37.2. The van der Waals surface area contributed by atoms with Crippen LogP contribution in [-0.4, -0.2) is 37.6 Å². The third-order valence-electron chi connectivity index (χ3n) is 4.25. The SMILES string of the molecule is CC(OC(=O)c1ccc2c(c1)NC(=O)C(C)S2)C(=O)Nc1ccc(S(N)(=O)=O)cc1. The van der Waals surface area contributed by atoms with E-state index in [0.717, 1.165) is 4.90 Å². The summed E-state index contributed by atoms with van der Waals surface area (Å²) in [6.07, 6.45) is -1.12. The van der Waals surface area contributed by atoms with E-state index >= 15 is 0 Å². The number of hydrogen-bond acceptors (Lipinski definition) is 7. The molecule has 0 bridgehead atoms. The molecule has 0 fully saturated rings. The van der Waals surface area contributed by atoms with E-state index in [4.69, 9.17) is 9.88 Å². The highest BCUT2D eigenvalue weighted by atomic mass is 32.2. The molecule has 30 heavy (non-hydrogen) atoms. The van der Waals surface area contributed by atoms with Gasteiger partial charge in [0.2, 0.25) is 15.9 Å². The van der Waals surface area contributed by atoms with Crippen molar-refractivity contribution in [1.82, 2.24) is 0 Å². The molecule has 0 aromatic heterocycles. The fourth-order valence-corrected chi connectivity index (χ4v) is 4.04. The smallest absolute Gasteiger partial charge is 0.338 e. The van der Waals surface area contributed by atoms with E-state index in [-0.39, 0.29) is 21.6 Å². The van der Waals surface area contributed by atoms with Crippen LogP contribution in [0.1, 0.15) is 24.2 Å². The second kappa shape index (κ2) is 8.46. The van der Waals surface area contributed by atoms with E-state index in [0.29, 0.717) is 11.4 Å². The number of hydrogen-bond donors (Lipinski definition) is 3. The van der Waals surface area contributed by atoms with Crippen molar-refractivity contribution in [2.24, 2.45) is 5.14 Å². The molecule has 3 rings (SSSR count). The average Bonchev–Trinajstić information content (AvgIpc) is 2.68. The highest BCUT2D eigenvalue weighted by Gasteiger charge is 2.25. The lowest BCUT2D eigenvalue weighted by Gasteiger charge is -2.21. The Labute approximate surface area is 177 Å². The molecule has 158 valence electrons. The standard InChI is InChI=1S/C19H19N3O6S2/c1-10(17(23)21-13-4-6-14(7-5-13)30(20,26)27)28-19(25)12-3-8-16-15(9-12)22-18(24)11(2)29-16/h3-11H,1-2H3,(H,21,23)(H,22,24)(H2,20,26,27). The van der Waals surface area contributed by atoms with Gasteiger partial charge in [0.25, 0.3) is 5.91 Å². The van der Waals surface area contributed by atoms with E-state index < -0.39 is 28.0 Å². The lowest BCUT2D eigenvalue weighted by Crippen LogP contribution is -2.30. The van der Waals surface area contributed by atoms with Crippen LogP contribution in [0.15, 0.2) is 52.3 Å². The van der Waals surface area contributed by atoms with Crippen LogP contribution in [0.2, 0.25) is 0 Å². The number of nitrogens with one attached hydrogen (secondary N) is 2. The first-order chi connectivity index (χ1) is 14.0. The monoisotopic (exact) mass is 449 g/mol. The first-order valence-corrected chi connectivity index (χ1v) is 11.2. The van der Waals surface area contributed by atoms with Gasteiger partial charge in [0.05, 0.1) is 21.4 Å².